The Morgan fingerprint density at radius 2 is 1.14 bits per heavy atom. The molecule has 4 nitrogen and oxygen atoms in total. The highest BCUT2D eigenvalue weighted by atomic mass is 16.7. The van der Waals surface area contributed by atoms with E-state index in [-0.39, 0.29) is 12.6 Å². The first-order valence-electron chi connectivity index (χ1n) is 9.28. The maximum Gasteiger partial charge on any atom is 0.157 e. The molecule has 2 saturated heterocycles. The molecule has 22 heavy (non-hydrogen) atoms. The minimum Gasteiger partial charge on any atom is -0.352 e. The van der Waals surface area contributed by atoms with Gasteiger partial charge in [-0.3, -0.25) is 0 Å². The van der Waals surface area contributed by atoms with Gasteiger partial charge in [0, 0.05) is 11.8 Å². The summed E-state index contributed by atoms with van der Waals surface area (Å²) in [5.74, 6) is 1.08. The van der Waals surface area contributed by atoms with Crippen LogP contribution in [0.2, 0.25) is 0 Å². The van der Waals surface area contributed by atoms with E-state index < -0.39 is 0 Å². The lowest BCUT2D eigenvalue weighted by Crippen LogP contribution is -2.35. The first-order valence-corrected chi connectivity index (χ1v) is 9.28. The summed E-state index contributed by atoms with van der Waals surface area (Å²) < 4.78 is 23.2. The van der Waals surface area contributed by atoms with Crippen LogP contribution in [-0.4, -0.2) is 39.0 Å². The van der Waals surface area contributed by atoms with Crippen LogP contribution >= 0.6 is 0 Å². The van der Waals surface area contributed by atoms with Crippen LogP contribution in [0, 0.1) is 11.8 Å². The predicted molar refractivity (Wildman–Crippen MR) is 86.6 cm³/mol. The lowest BCUT2D eigenvalue weighted by molar-refractivity contribution is -0.219. The molecule has 2 heterocycles. The van der Waals surface area contributed by atoms with Crippen molar-refractivity contribution in [2.75, 3.05) is 26.4 Å². The van der Waals surface area contributed by atoms with Crippen LogP contribution in [0.3, 0.4) is 0 Å². The Labute approximate surface area is 135 Å². The second-order valence-corrected chi connectivity index (χ2v) is 6.79. The molecule has 4 heteroatoms. The third-order valence-electron chi connectivity index (χ3n) is 4.62. The van der Waals surface area contributed by atoms with Gasteiger partial charge in [0.2, 0.25) is 0 Å². The molecule has 0 amide bonds. The molecule has 0 aromatic heterocycles. The van der Waals surface area contributed by atoms with Gasteiger partial charge >= 0.3 is 0 Å². The molecule has 2 aliphatic heterocycles. The van der Waals surface area contributed by atoms with Crippen molar-refractivity contribution in [1.82, 2.24) is 0 Å². The van der Waals surface area contributed by atoms with Gasteiger partial charge in [0.05, 0.1) is 26.4 Å². The highest BCUT2D eigenvalue weighted by Crippen LogP contribution is 2.23. The van der Waals surface area contributed by atoms with Crippen LogP contribution < -0.4 is 0 Å². The summed E-state index contributed by atoms with van der Waals surface area (Å²) in [6, 6.07) is 0. The summed E-state index contributed by atoms with van der Waals surface area (Å²) in [7, 11) is 0. The van der Waals surface area contributed by atoms with Gasteiger partial charge in [-0.05, 0) is 25.7 Å². The number of hydrogen-bond donors (Lipinski definition) is 0. The Balaban J connectivity index is 1.52. The molecule has 0 radical (unpaired) electrons. The maximum atomic E-state index is 5.87. The summed E-state index contributed by atoms with van der Waals surface area (Å²) in [6.07, 6.45) is 9.27. The topological polar surface area (TPSA) is 36.9 Å². The molecular weight excluding hydrogens is 280 g/mol. The Kier molecular flexibility index (Phi) is 8.75. The highest BCUT2D eigenvalue weighted by molar-refractivity contribution is 4.68. The zero-order valence-corrected chi connectivity index (χ0v) is 14.4. The Morgan fingerprint density at radius 3 is 1.68 bits per heavy atom. The van der Waals surface area contributed by atoms with Crippen LogP contribution in [0.4, 0.5) is 0 Å². The van der Waals surface area contributed by atoms with Crippen LogP contribution in [0.1, 0.15) is 65.2 Å². The second-order valence-electron chi connectivity index (χ2n) is 6.79. The molecule has 0 spiro atoms. The zero-order chi connectivity index (χ0) is 15.6. The van der Waals surface area contributed by atoms with E-state index >= 15 is 0 Å². The van der Waals surface area contributed by atoms with Gasteiger partial charge in [-0.15, -0.1) is 0 Å². The second kappa shape index (κ2) is 10.6. The van der Waals surface area contributed by atoms with E-state index in [2.05, 4.69) is 13.8 Å². The normalized spacial score (nSPS) is 33.0. The van der Waals surface area contributed by atoms with Gasteiger partial charge in [-0.1, -0.05) is 39.5 Å². The molecule has 0 atom stereocenters. The molecule has 130 valence electrons. The van der Waals surface area contributed by atoms with Crippen molar-refractivity contribution in [3.8, 4) is 0 Å². The molecule has 0 aromatic rings. The van der Waals surface area contributed by atoms with Crippen molar-refractivity contribution in [3.05, 3.63) is 0 Å². The number of hydrogen-bond acceptors (Lipinski definition) is 4. The Bertz CT molecular complexity index is 268. The summed E-state index contributed by atoms with van der Waals surface area (Å²) in [4.78, 5) is 0. The predicted octanol–water partition coefficient (Wildman–Crippen LogP) is 4.13. The van der Waals surface area contributed by atoms with Gasteiger partial charge in [0.15, 0.2) is 12.6 Å². The molecule has 0 unspecified atom stereocenters. The zero-order valence-electron chi connectivity index (χ0n) is 14.4. The number of ether oxygens (including phenoxy) is 4. The van der Waals surface area contributed by atoms with Crippen LogP contribution in [0.25, 0.3) is 0 Å². The number of rotatable bonds is 9. The average Bonchev–Trinajstić information content (AvgIpc) is 2.56. The lowest BCUT2D eigenvalue weighted by atomic mass is 10.0. The van der Waals surface area contributed by atoms with Crippen molar-refractivity contribution in [3.63, 3.8) is 0 Å². The minimum absolute atomic E-state index is 0.0178. The first-order chi connectivity index (χ1) is 10.8. The van der Waals surface area contributed by atoms with Crippen molar-refractivity contribution in [2.45, 2.75) is 77.8 Å². The van der Waals surface area contributed by atoms with Gasteiger partial charge < -0.3 is 18.9 Å². The SMILES string of the molecule is CCCCCC1COC(CCC2COC(CCC)OC2)OC1. The van der Waals surface area contributed by atoms with E-state index in [1.54, 1.807) is 0 Å². The maximum absolute atomic E-state index is 5.87. The summed E-state index contributed by atoms with van der Waals surface area (Å²) >= 11 is 0. The van der Waals surface area contributed by atoms with E-state index in [0.29, 0.717) is 11.8 Å². The lowest BCUT2D eigenvalue weighted by Gasteiger charge is -2.32. The Hall–Kier alpha value is -0.160. The fraction of sp³-hybridized carbons (Fsp3) is 1.00. The van der Waals surface area contributed by atoms with Crippen LogP contribution in [-0.2, 0) is 18.9 Å². The fourth-order valence-electron chi connectivity index (χ4n) is 3.12. The first kappa shape index (κ1) is 18.2. The van der Waals surface area contributed by atoms with Crippen molar-refractivity contribution >= 4 is 0 Å². The third-order valence-corrected chi connectivity index (χ3v) is 4.62. The molecule has 2 fully saturated rings. The Morgan fingerprint density at radius 1 is 0.591 bits per heavy atom. The van der Waals surface area contributed by atoms with E-state index in [4.69, 9.17) is 18.9 Å². The molecule has 0 bridgehead atoms. The van der Waals surface area contributed by atoms with Gasteiger partial charge in [-0.2, -0.15) is 0 Å². The van der Waals surface area contributed by atoms with E-state index in [9.17, 15) is 0 Å². The molecule has 2 rings (SSSR count). The van der Waals surface area contributed by atoms with Crippen LogP contribution in [0.5, 0.6) is 0 Å². The molecule has 0 N–H and O–H groups in total. The smallest absolute Gasteiger partial charge is 0.157 e. The molecule has 0 saturated carbocycles. The van der Waals surface area contributed by atoms with E-state index in [1.165, 1.54) is 25.7 Å². The van der Waals surface area contributed by atoms with Crippen molar-refractivity contribution < 1.29 is 18.9 Å². The molecule has 0 aromatic carbocycles. The molecule has 0 aliphatic carbocycles. The minimum atomic E-state index is -0.0178. The van der Waals surface area contributed by atoms with Gasteiger partial charge in [0.1, 0.15) is 0 Å². The average molecular weight is 314 g/mol. The largest absolute Gasteiger partial charge is 0.352 e. The standard InChI is InChI=1S/C18H34O4/c1-3-5-6-8-15-11-21-18(22-12-15)10-9-16-13-19-17(7-4-2)20-14-16/h15-18H,3-14H2,1-2H3. The van der Waals surface area contributed by atoms with E-state index in [1.807, 2.05) is 0 Å². The quantitative estimate of drug-likeness (QED) is 0.600. The third kappa shape index (κ3) is 6.53. The fourth-order valence-corrected chi connectivity index (χ4v) is 3.12. The summed E-state index contributed by atoms with van der Waals surface area (Å²) in [5.41, 5.74) is 0. The monoisotopic (exact) mass is 314 g/mol. The highest BCUT2D eigenvalue weighted by Gasteiger charge is 2.25. The molecular formula is C18H34O4. The van der Waals surface area contributed by atoms with Crippen LogP contribution in [0.15, 0.2) is 0 Å². The summed E-state index contributed by atoms with van der Waals surface area (Å²) in [6.45, 7) is 7.77. The summed E-state index contributed by atoms with van der Waals surface area (Å²) in [5, 5.41) is 0. The van der Waals surface area contributed by atoms with Gasteiger partial charge in [-0.25, -0.2) is 0 Å². The number of unbranched alkanes of at least 4 members (excludes halogenated alkanes) is 2. The molecule has 2 aliphatic rings. The van der Waals surface area contributed by atoms with Crippen molar-refractivity contribution in [1.29, 1.82) is 0 Å². The van der Waals surface area contributed by atoms with Crippen molar-refractivity contribution in [2.24, 2.45) is 11.8 Å². The van der Waals surface area contributed by atoms with Gasteiger partial charge in [0.25, 0.3) is 0 Å². The van der Waals surface area contributed by atoms with E-state index in [0.717, 1.165) is 52.1 Å².